The lowest BCUT2D eigenvalue weighted by molar-refractivity contribution is -0.199. The molecule has 25 heteroatoms. The number of aromatic amines is 2. The number of nitrogens with zero attached hydrogens (tertiary/aromatic N) is 6. The molecule has 64 heavy (non-hydrogen) atoms. The molecule has 3 fully saturated rings. The zero-order chi connectivity index (χ0) is 46.4. The second-order valence-electron chi connectivity index (χ2n) is 15.6. The molecule has 8 N–H and O–H groups in total. The van der Waals surface area contributed by atoms with Gasteiger partial charge in [-0.3, -0.25) is 48.9 Å². The van der Waals surface area contributed by atoms with E-state index in [1.807, 2.05) is 13.8 Å². The van der Waals surface area contributed by atoms with E-state index in [0.717, 1.165) is 0 Å². The quantitative estimate of drug-likeness (QED) is 0.0452. The van der Waals surface area contributed by atoms with Crippen LogP contribution in [0.5, 0.6) is 0 Å². The number of anilines is 2. The van der Waals surface area contributed by atoms with E-state index in [4.69, 9.17) is 28.4 Å². The number of terminal acetylenes is 1. The number of aliphatic hydroxyl groups excluding tert-OH is 4. The minimum Gasteiger partial charge on any atom is -0.813 e. The number of fused-ring (bicyclic) bond motifs is 3. The van der Waals surface area contributed by atoms with Gasteiger partial charge in [0.1, 0.15) is 36.6 Å². The van der Waals surface area contributed by atoms with Crippen LogP contribution in [0.15, 0.2) is 22.2 Å². The fourth-order valence-corrected chi connectivity index (χ4v) is 6.09. The van der Waals surface area contributed by atoms with E-state index in [1.165, 1.54) is 17.2 Å². The summed E-state index contributed by atoms with van der Waals surface area (Å²) in [6.07, 6.45) is 3.70. The molecule has 7 rings (SSSR count). The summed E-state index contributed by atoms with van der Waals surface area (Å²) in [5.74, 6) is -2.49. The molecule has 0 aliphatic carbocycles. The highest BCUT2D eigenvalue weighted by atomic mass is 32.1. The number of nitrogens with one attached hydrogen (secondary N) is 4. The summed E-state index contributed by atoms with van der Waals surface area (Å²) in [6.45, 7) is 13.4. The van der Waals surface area contributed by atoms with Gasteiger partial charge in [-0.2, -0.15) is 9.97 Å². The van der Waals surface area contributed by atoms with Crippen LogP contribution >= 0.6 is 0 Å². The smallest absolute Gasteiger partial charge is 0.280 e. The predicted octanol–water partition coefficient (Wildman–Crippen LogP) is 0.0802. The third-order valence-corrected chi connectivity index (χ3v) is 9.75. The highest BCUT2D eigenvalue weighted by molar-refractivity contribution is 7.37. The molecule has 0 aromatic carbocycles. The second kappa shape index (κ2) is 22.9. The number of rotatable bonds is 10. The first-order chi connectivity index (χ1) is 29.1. The van der Waals surface area contributed by atoms with Gasteiger partial charge in [-0.1, -0.05) is 35.1 Å². The molecule has 2 amide bonds. The molecule has 3 saturated heterocycles. The number of aromatic nitrogens is 8. The highest BCUT2D eigenvalue weighted by Crippen LogP contribution is 2.43. The summed E-state index contributed by atoms with van der Waals surface area (Å²) < 4.78 is 35.7. The molecule has 8 atom stereocenters. The van der Waals surface area contributed by atoms with Crippen molar-refractivity contribution in [3.63, 3.8) is 0 Å². The number of hydrogen-bond donors (Lipinski definition) is 8. The van der Waals surface area contributed by atoms with E-state index in [-0.39, 0.29) is 85.4 Å². The first kappa shape index (κ1) is 55.3. The molecule has 7 heterocycles. The van der Waals surface area contributed by atoms with Crippen LogP contribution in [0.3, 0.4) is 0 Å². The number of aliphatic hydroxyl groups is 4. The second-order valence-corrected chi connectivity index (χ2v) is 15.6. The van der Waals surface area contributed by atoms with Crippen LogP contribution in [0.2, 0.25) is 0 Å². The van der Waals surface area contributed by atoms with Gasteiger partial charge in [0.05, 0.1) is 25.9 Å². The molecule has 24 nitrogen and oxygen atoms in total. The normalized spacial score (nSPS) is 24.3. The molecule has 2 unspecified atom stereocenters. The van der Waals surface area contributed by atoms with Crippen molar-refractivity contribution in [3.05, 3.63) is 33.4 Å². The lowest BCUT2D eigenvalue weighted by atomic mass is 10.1. The largest absolute Gasteiger partial charge is 0.813 e. The SMILES string of the molecule is C.C#C.CC(C)C(=O)Nc1nc2c(ncn2[C@@H]2O[C@H](CO)C(O)[C@@H]2O)c(=O)[nH]1.CC(C)C(=O)Nc1nc2c(ncn2[C@@H]2O[C@H](CO)C3OC(C)(C)O[C@@H]32)c(=O)[nH]1.COC(C)(C)OC.[SH-]. The van der Waals surface area contributed by atoms with Crippen LogP contribution in [0, 0.1) is 24.7 Å². The van der Waals surface area contributed by atoms with Crippen LogP contribution in [0.1, 0.15) is 75.3 Å². The van der Waals surface area contributed by atoms with Crippen molar-refractivity contribution >= 4 is 59.5 Å². The first-order valence-electron chi connectivity index (χ1n) is 19.4. The summed E-state index contributed by atoms with van der Waals surface area (Å²) in [5, 5.41) is 43.9. The summed E-state index contributed by atoms with van der Waals surface area (Å²) in [7, 11) is 3.23. The minimum atomic E-state index is -1.34. The number of carbonyl (C=O) groups is 2. The Morgan fingerprint density at radius 1 is 0.797 bits per heavy atom. The van der Waals surface area contributed by atoms with Crippen LogP contribution in [0.4, 0.5) is 11.9 Å². The third kappa shape index (κ3) is 12.3. The van der Waals surface area contributed by atoms with Gasteiger partial charge in [-0.25, -0.2) is 9.97 Å². The molecule has 3 aliphatic heterocycles. The molecular formula is C39H61N10O14S-. The van der Waals surface area contributed by atoms with Gasteiger partial charge in [0.25, 0.3) is 11.1 Å². The fraction of sp³-hybridized carbons (Fsp3) is 0.641. The van der Waals surface area contributed by atoms with Crippen LogP contribution in [0.25, 0.3) is 22.3 Å². The summed E-state index contributed by atoms with van der Waals surface area (Å²) in [5.41, 5.74) is -0.667. The molecular weight excluding hydrogens is 865 g/mol. The zero-order valence-electron chi connectivity index (χ0n) is 36.5. The van der Waals surface area contributed by atoms with Gasteiger partial charge in [-0.05, 0) is 27.7 Å². The van der Waals surface area contributed by atoms with Crippen molar-refractivity contribution in [3.8, 4) is 12.8 Å². The summed E-state index contributed by atoms with van der Waals surface area (Å²) in [4.78, 5) is 69.7. The Labute approximate surface area is 375 Å². The number of thiol groups is 1. The number of methoxy groups -OCH3 is 2. The van der Waals surface area contributed by atoms with Crippen molar-refractivity contribution < 1.29 is 58.4 Å². The van der Waals surface area contributed by atoms with E-state index in [2.05, 4.69) is 53.4 Å². The number of hydrogen-bond acceptors (Lipinski definition) is 19. The number of amides is 2. The fourth-order valence-electron chi connectivity index (χ4n) is 6.09. The third-order valence-electron chi connectivity index (χ3n) is 9.75. The topological polar surface area (TPSA) is 322 Å². The predicted molar refractivity (Wildman–Crippen MR) is 235 cm³/mol. The Hall–Kier alpha value is -4.85. The van der Waals surface area contributed by atoms with Crippen molar-refractivity contribution in [2.75, 3.05) is 38.1 Å². The van der Waals surface area contributed by atoms with Gasteiger partial charge in [-0.15, -0.1) is 12.8 Å². The average molecular weight is 926 g/mol. The number of H-pyrrole nitrogens is 2. The highest BCUT2D eigenvalue weighted by Gasteiger charge is 2.56. The van der Waals surface area contributed by atoms with Crippen molar-refractivity contribution in [1.29, 1.82) is 0 Å². The molecule has 0 spiro atoms. The number of carbonyl (C=O) groups excluding carboxylic acids is 2. The van der Waals surface area contributed by atoms with Crippen molar-refractivity contribution in [2.24, 2.45) is 11.8 Å². The van der Waals surface area contributed by atoms with Gasteiger partial charge in [0, 0.05) is 26.1 Å². The van der Waals surface area contributed by atoms with Crippen LogP contribution in [-0.2, 0) is 51.5 Å². The zero-order valence-corrected chi connectivity index (χ0v) is 37.4. The Morgan fingerprint density at radius 2 is 1.20 bits per heavy atom. The van der Waals surface area contributed by atoms with E-state index in [0.29, 0.717) is 0 Å². The lowest BCUT2D eigenvalue weighted by Crippen LogP contribution is -2.33. The maximum Gasteiger partial charge on any atom is 0.280 e. The molecule has 0 bridgehead atoms. The van der Waals surface area contributed by atoms with Gasteiger partial charge in [0.15, 0.2) is 46.4 Å². The van der Waals surface area contributed by atoms with Crippen molar-refractivity contribution in [2.45, 2.75) is 123 Å². The van der Waals surface area contributed by atoms with E-state index < -0.39 is 78.4 Å². The van der Waals surface area contributed by atoms with Crippen LogP contribution < -0.4 is 21.8 Å². The van der Waals surface area contributed by atoms with Crippen LogP contribution in [-0.4, -0.2) is 147 Å². The Kier molecular flexibility index (Phi) is 19.7. The molecule has 4 aromatic heterocycles. The maximum atomic E-state index is 12.4. The molecule has 0 radical (unpaired) electrons. The molecule has 3 aliphatic rings. The van der Waals surface area contributed by atoms with E-state index in [9.17, 15) is 39.6 Å². The number of imidazole rings is 2. The van der Waals surface area contributed by atoms with E-state index >= 15 is 0 Å². The van der Waals surface area contributed by atoms with Crippen molar-refractivity contribution in [1.82, 2.24) is 39.0 Å². The van der Waals surface area contributed by atoms with Gasteiger partial charge in [0.2, 0.25) is 23.7 Å². The Balaban J connectivity index is 0.000000363. The molecule has 0 saturated carbocycles. The van der Waals surface area contributed by atoms with E-state index in [1.54, 1.807) is 60.3 Å². The lowest BCUT2D eigenvalue weighted by Gasteiger charge is -2.24. The summed E-state index contributed by atoms with van der Waals surface area (Å²) in [6, 6.07) is 0. The maximum absolute atomic E-state index is 12.4. The Bertz CT molecular complexity index is 2300. The average Bonchev–Trinajstić information content (AvgIpc) is 4.04. The standard InChI is InChI=1S/C17H23N5O6.C14H19N5O6.C5H12O2.C2H2.CH4.H2S/c1-7(2)13(24)20-16-19-12-9(14(25)21-16)18-6-22(12)15-11-10(8(5-23)26-15)27-17(3,4)28-11;1-5(2)11(23)17-14-16-10-7(12(24)18-14)15-4-19(10)13-9(22)8(21)6(3-20)25-13;1-5(2,6-3)7-4;1-2;;/h6-8,10-11,15,23H,5H2,1-4H3,(H2,19,20,21,24,25);4-6,8-9,13,20-22H,3H2,1-2H3,(H2,16,17,18,23,24);1-4H3;1-2H;1H4;1H2/p-1/t8-,10?,11+,15-;6-,8?,9+,13-;;;;/m11..../s1. The van der Waals surface area contributed by atoms with Gasteiger partial charge < -0.3 is 62.3 Å². The summed E-state index contributed by atoms with van der Waals surface area (Å²) >= 11 is 0. The number of ether oxygens (including phenoxy) is 6. The Morgan fingerprint density at radius 3 is 1.58 bits per heavy atom. The molecule has 4 aromatic rings. The first-order valence-corrected chi connectivity index (χ1v) is 19.4. The minimum absolute atomic E-state index is 0. The monoisotopic (exact) mass is 925 g/mol. The van der Waals surface area contributed by atoms with Gasteiger partial charge >= 0.3 is 0 Å². The molecule has 358 valence electrons.